The molecule has 0 radical (unpaired) electrons. The van der Waals surface area contributed by atoms with Crippen LogP contribution in [0.1, 0.15) is 36.5 Å². The number of carbonyl (C=O) groups excluding carboxylic acids is 2. The summed E-state index contributed by atoms with van der Waals surface area (Å²) in [5, 5.41) is 2.64. The molecular weight excluding hydrogens is 414 g/mol. The number of aryl methyl sites for hydroxylation is 1. The summed E-state index contributed by atoms with van der Waals surface area (Å²) in [6.07, 6.45) is 2.24. The van der Waals surface area contributed by atoms with E-state index in [0.29, 0.717) is 30.8 Å². The van der Waals surface area contributed by atoms with Crippen LogP contribution in [-0.4, -0.2) is 48.6 Å². The van der Waals surface area contributed by atoms with Crippen LogP contribution in [0.15, 0.2) is 47.4 Å². The standard InChI is InChI=1S/C23H27N3O4S/c1-16-9-10-20(24-17(2)27)14-22(16)31(29,30)26-15-19-8-4-3-7-18(19)13-21(26)23(28)25-11-5-6-12-25/h3-4,7-10,14,21H,5-6,11-13,15H2,1-2H3,(H,24,27)/t21-/m1/s1. The average Bonchev–Trinajstić information content (AvgIpc) is 3.28. The molecule has 0 spiro atoms. The van der Waals surface area contributed by atoms with Gasteiger partial charge in [0.25, 0.3) is 0 Å². The van der Waals surface area contributed by atoms with E-state index in [1.165, 1.54) is 17.3 Å². The Kier molecular flexibility index (Phi) is 5.85. The maximum atomic E-state index is 13.8. The Hall–Kier alpha value is -2.71. The summed E-state index contributed by atoms with van der Waals surface area (Å²) in [4.78, 5) is 26.7. The smallest absolute Gasteiger partial charge is 0.244 e. The van der Waals surface area contributed by atoms with E-state index in [4.69, 9.17) is 0 Å². The Balaban J connectivity index is 1.77. The average molecular weight is 442 g/mol. The summed E-state index contributed by atoms with van der Waals surface area (Å²) in [5.41, 5.74) is 2.90. The SMILES string of the molecule is CC(=O)Nc1ccc(C)c(S(=O)(=O)N2Cc3ccccc3C[C@@H]2C(=O)N2CCCC2)c1. The molecular formula is C23H27N3O4S. The first-order valence-electron chi connectivity index (χ1n) is 10.5. The maximum Gasteiger partial charge on any atom is 0.244 e. The molecule has 2 aromatic carbocycles. The van der Waals surface area contributed by atoms with E-state index in [2.05, 4.69) is 5.32 Å². The zero-order valence-electron chi connectivity index (χ0n) is 17.8. The van der Waals surface area contributed by atoms with Crippen molar-refractivity contribution in [1.82, 2.24) is 9.21 Å². The number of amides is 2. The van der Waals surface area contributed by atoms with Crippen LogP contribution in [0.2, 0.25) is 0 Å². The predicted molar refractivity (Wildman–Crippen MR) is 118 cm³/mol. The van der Waals surface area contributed by atoms with Gasteiger partial charge in [-0.2, -0.15) is 4.31 Å². The minimum absolute atomic E-state index is 0.109. The van der Waals surface area contributed by atoms with Crippen molar-refractivity contribution in [3.8, 4) is 0 Å². The van der Waals surface area contributed by atoms with Crippen LogP contribution in [0.4, 0.5) is 5.69 Å². The number of likely N-dealkylation sites (tertiary alicyclic amines) is 1. The van der Waals surface area contributed by atoms with Crippen molar-refractivity contribution in [2.24, 2.45) is 0 Å². The summed E-state index contributed by atoms with van der Waals surface area (Å²) in [5.74, 6) is -0.410. The van der Waals surface area contributed by atoms with Crippen LogP contribution in [0.5, 0.6) is 0 Å². The maximum absolute atomic E-state index is 13.8. The number of nitrogens with one attached hydrogen (secondary N) is 1. The highest BCUT2D eigenvalue weighted by Crippen LogP contribution is 2.32. The molecule has 1 fully saturated rings. The molecule has 1 atom stereocenters. The van der Waals surface area contributed by atoms with E-state index in [0.717, 1.165) is 24.0 Å². The van der Waals surface area contributed by atoms with Gasteiger partial charge >= 0.3 is 0 Å². The van der Waals surface area contributed by atoms with Gasteiger partial charge < -0.3 is 10.2 Å². The van der Waals surface area contributed by atoms with Crippen LogP contribution in [0.3, 0.4) is 0 Å². The van der Waals surface area contributed by atoms with Crippen molar-refractivity contribution in [3.63, 3.8) is 0 Å². The lowest BCUT2D eigenvalue weighted by Gasteiger charge is -2.37. The van der Waals surface area contributed by atoms with Gasteiger partial charge in [0.05, 0.1) is 4.90 Å². The number of anilines is 1. The van der Waals surface area contributed by atoms with E-state index < -0.39 is 16.1 Å². The Bertz CT molecular complexity index is 1120. The van der Waals surface area contributed by atoms with Crippen LogP contribution in [0.25, 0.3) is 0 Å². The highest BCUT2D eigenvalue weighted by atomic mass is 32.2. The molecule has 2 aliphatic heterocycles. The second kappa shape index (κ2) is 8.43. The van der Waals surface area contributed by atoms with Gasteiger partial charge in [-0.15, -0.1) is 0 Å². The molecule has 0 bridgehead atoms. The number of sulfonamides is 1. The topological polar surface area (TPSA) is 86.8 Å². The van der Waals surface area contributed by atoms with Gasteiger partial charge in [-0.05, 0) is 55.0 Å². The quantitative estimate of drug-likeness (QED) is 0.790. The molecule has 0 saturated carbocycles. The monoisotopic (exact) mass is 441 g/mol. The van der Waals surface area contributed by atoms with Crippen LogP contribution < -0.4 is 5.32 Å². The summed E-state index contributed by atoms with van der Waals surface area (Å²) in [6, 6.07) is 11.7. The van der Waals surface area contributed by atoms with Gasteiger partial charge in [-0.25, -0.2) is 8.42 Å². The summed E-state index contributed by atoms with van der Waals surface area (Å²) < 4.78 is 29.0. The first kappa shape index (κ1) is 21.5. The zero-order chi connectivity index (χ0) is 22.2. The second-order valence-corrected chi connectivity index (χ2v) is 10.1. The van der Waals surface area contributed by atoms with Crippen molar-refractivity contribution in [2.45, 2.75) is 50.6 Å². The molecule has 2 aromatic rings. The van der Waals surface area contributed by atoms with Crippen molar-refractivity contribution < 1.29 is 18.0 Å². The lowest BCUT2D eigenvalue weighted by molar-refractivity contribution is -0.134. The largest absolute Gasteiger partial charge is 0.341 e. The highest BCUT2D eigenvalue weighted by Gasteiger charge is 2.42. The molecule has 1 saturated heterocycles. The number of nitrogens with zero attached hydrogens (tertiary/aromatic N) is 2. The first-order chi connectivity index (χ1) is 14.8. The first-order valence-corrected chi connectivity index (χ1v) is 12.0. The third-order valence-corrected chi connectivity index (χ3v) is 8.00. The van der Waals surface area contributed by atoms with Crippen molar-refractivity contribution >= 4 is 27.5 Å². The Morgan fingerprint density at radius 2 is 1.71 bits per heavy atom. The molecule has 2 amide bonds. The number of carbonyl (C=O) groups is 2. The Morgan fingerprint density at radius 3 is 2.39 bits per heavy atom. The van der Waals surface area contributed by atoms with E-state index in [1.54, 1.807) is 24.0 Å². The van der Waals surface area contributed by atoms with Gasteiger partial charge in [0, 0.05) is 32.2 Å². The molecule has 2 heterocycles. The van der Waals surface area contributed by atoms with Crippen LogP contribution >= 0.6 is 0 Å². The fraction of sp³-hybridized carbons (Fsp3) is 0.391. The highest BCUT2D eigenvalue weighted by molar-refractivity contribution is 7.89. The van der Waals surface area contributed by atoms with Gasteiger partial charge in [-0.3, -0.25) is 9.59 Å². The van der Waals surface area contributed by atoms with E-state index >= 15 is 0 Å². The second-order valence-electron chi connectivity index (χ2n) is 8.23. The molecule has 0 unspecified atom stereocenters. The summed E-state index contributed by atoms with van der Waals surface area (Å²) in [6.45, 7) is 4.58. The molecule has 7 nitrogen and oxygen atoms in total. The molecule has 0 aromatic heterocycles. The van der Waals surface area contributed by atoms with E-state index in [9.17, 15) is 18.0 Å². The Morgan fingerprint density at radius 1 is 1.03 bits per heavy atom. The van der Waals surface area contributed by atoms with Gasteiger partial charge in [-0.1, -0.05) is 30.3 Å². The lowest BCUT2D eigenvalue weighted by atomic mass is 9.95. The number of hydrogen-bond acceptors (Lipinski definition) is 4. The van der Waals surface area contributed by atoms with Crippen molar-refractivity contribution in [3.05, 3.63) is 59.2 Å². The normalized spacial score (nSPS) is 19.2. The van der Waals surface area contributed by atoms with Gasteiger partial charge in [0.1, 0.15) is 6.04 Å². The molecule has 8 heteroatoms. The summed E-state index contributed by atoms with van der Waals surface area (Å²) in [7, 11) is -3.98. The Labute approximate surface area is 183 Å². The summed E-state index contributed by atoms with van der Waals surface area (Å²) >= 11 is 0. The number of fused-ring (bicyclic) bond motifs is 1. The zero-order valence-corrected chi connectivity index (χ0v) is 18.6. The third-order valence-electron chi connectivity index (χ3n) is 6.00. The number of benzene rings is 2. The fourth-order valence-corrected chi connectivity index (χ4v) is 6.21. The molecule has 2 aliphatic rings. The van der Waals surface area contributed by atoms with E-state index in [-0.39, 0.29) is 23.3 Å². The fourth-order valence-electron chi connectivity index (χ4n) is 4.40. The minimum atomic E-state index is -3.98. The van der Waals surface area contributed by atoms with E-state index in [1.807, 2.05) is 24.3 Å². The third kappa shape index (κ3) is 4.22. The molecule has 164 valence electrons. The van der Waals surface area contributed by atoms with Gasteiger partial charge in [0.15, 0.2) is 0 Å². The molecule has 0 aliphatic carbocycles. The number of rotatable bonds is 4. The van der Waals surface area contributed by atoms with Crippen LogP contribution in [0, 0.1) is 6.92 Å². The lowest BCUT2D eigenvalue weighted by Crippen LogP contribution is -2.53. The molecule has 4 rings (SSSR count). The van der Waals surface area contributed by atoms with Crippen molar-refractivity contribution in [2.75, 3.05) is 18.4 Å². The minimum Gasteiger partial charge on any atom is -0.341 e. The molecule has 1 N–H and O–H groups in total. The van der Waals surface area contributed by atoms with Gasteiger partial charge in [0.2, 0.25) is 21.8 Å². The van der Waals surface area contributed by atoms with Crippen LogP contribution in [-0.2, 0) is 32.6 Å². The molecule has 31 heavy (non-hydrogen) atoms. The predicted octanol–water partition coefficient (Wildman–Crippen LogP) is 2.69. The van der Waals surface area contributed by atoms with Crippen molar-refractivity contribution in [1.29, 1.82) is 0 Å². The number of hydrogen-bond donors (Lipinski definition) is 1.